The monoisotopic (exact) mass is 427 g/mol. The zero-order valence-corrected chi connectivity index (χ0v) is 16.1. The van der Waals surface area contributed by atoms with Gasteiger partial charge in [0, 0.05) is 17.2 Å². The molecule has 2 rings (SSSR count). The summed E-state index contributed by atoms with van der Waals surface area (Å²) in [5.41, 5.74) is -0.602. The van der Waals surface area contributed by atoms with Gasteiger partial charge in [0.05, 0.1) is 10.7 Å². The minimum Gasteiger partial charge on any atom is -0.479 e. The molecule has 0 unspecified atom stereocenters. The van der Waals surface area contributed by atoms with Crippen molar-refractivity contribution in [3.63, 3.8) is 0 Å². The number of carbonyl (C=O) groups is 3. The number of ether oxygens (including phenoxy) is 1. The number of amides is 2. The lowest BCUT2D eigenvalue weighted by atomic mass is 9.90. The van der Waals surface area contributed by atoms with Gasteiger partial charge in [-0.15, -0.1) is 18.0 Å². The fraction of sp³-hybridized carbons (Fsp3) is 0.316. The van der Waals surface area contributed by atoms with Crippen LogP contribution in [-0.2, 0) is 14.4 Å². The Morgan fingerprint density at radius 2 is 1.89 bits per heavy atom. The predicted octanol–water partition coefficient (Wildman–Crippen LogP) is 3.54. The fourth-order valence-electron chi connectivity index (χ4n) is 2.85. The average molecular weight is 428 g/mol. The number of carboxylic acid groups (broad SMARTS) is 1. The van der Waals surface area contributed by atoms with Crippen molar-refractivity contribution in [2.24, 2.45) is 0 Å². The molecule has 0 fully saturated rings. The van der Waals surface area contributed by atoms with E-state index < -0.39 is 35.2 Å². The number of carbonyl (C=O) groups excluding carboxylic acids is 2. The highest BCUT2D eigenvalue weighted by Gasteiger charge is 2.33. The van der Waals surface area contributed by atoms with Gasteiger partial charge in [0.2, 0.25) is 5.91 Å². The number of anilines is 1. The molecule has 0 saturated heterocycles. The van der Waals surface area contributed by atoms with E-state index in [0.29, 0.717) is 17.7 Å². The Morgan fingerprint density at radius 1 is 1.25 bits per heavy atom. The highest BCUT2D eigenvalue weighted by molar-refractivity contribution is 6.35. The summed E-state index contributed by atoms with van der Waals surface area (Å²) in [6.07, 6.45) is 6.63. The molecule has 1 aromatic rings. The zero-order chi connectivity index (χ0) is 20.8. The molecule has 1 aliphatic carbocycles. The minimum atomic E-state index is -1.25. The molecule has 0 atom stereocenters. The first kappa shape index (κ1) is 21.7. The molecule has 0 bridgehead atoms. The molecule has 0 radical (unpaired) electrons. The summed E-state index contributed by atoms with van der Waals surface area (Å²) in [5.74, 6) is -2.52. The summed E-state index contributed by atoms with van der Waals surface area (Å²) >= 11 is 11.5. The molecule has 148 valence electrons. The number of halogens is 3. The first-order valence-electron chi connectivity index (χ1n) is 8.25. The second-order valence-corrected chi connectivity index (χ2v) is 6.54. The summed E-state index contributed by atoms with van der Waals surface area (Å²) in [4.78, 5) is 37.4. The van der Waals surface area contributed by atoms with Gasteiger partial charge < -0.3 is 9.84 Å². The molecular weight excluding hydrogens is 412 g/mol. The van der Waals surface area contributed by atoms with Crippen molar-refractivity contribution in [1.29, 1.82) is 0 Å². The summed E-state index contributed by atoms with van der Waals surface area (Å²) in [7, 11) is 0. The zero-order valence-electron chi connectivity index (χ0n) is 14.6. The van der Waals surface area contributed by atoms with Crippen molar-refractivity contribution in [2.75, 3.05) is 17.4 Å². The van der Waals surface area contributed by atoms with E-state index in [9.17, 15) is 23.9 Å². The van der Waals surface area contributed by atoms with Crippen molar-refractivity contribution >= 4 is 46.7 Å². The number of alkyl halides is 1. The van der Waals surface area contributed by atoms with Gasteiger partial charge in [0.25, 0.3) is 5.91 Å². The van der Waals surface area contributed by atoms with Gasteiger partial charge in [-0.1, -0.05) is 17.5 Å². The Labute approximate surface area is 170 Å². The first-order valence-corrected chi connectivity index (χ1v) is 9.16. The van der Waals surface area contributed by atoms with Gasteiger partial charge in [-0.25, -0.2) is 14.1 Å². The maximum atomic E-state index is 14.6. The van der Waals surface area contributed by atoms with Crippen LogP contribution >= 0.6 is 23.2 Å². The molecule has 28 heavy (non-hydrogen) atoms. The molecule has 1 aliphatic rings. The smallest absolute Gasteiger partial charge is 0.332 e. The van der Waals surface area contributed by atoms with Crippen molar-refractivity contribution in [3.8, 4) is 18.1 Å². The van der Waals surface area contributed by atoms with Gasteiger partial charge in [0.1, 0.15) is 24.1 Å². The van der Waals surface area contributed by atoms with E-state index in [1.165, 1.54) is 0 Å². The molecule has 0 aliphatic heterocycles. The molecule has 0 spiro atoms. The fourth-order valence-corrected chi connectivity index (χ4v) is 3.17. The maximum absolute atomic E-state index is 14.6. The molecule has 0 aromatic heterocycles. The van der Waals surface area contributed by atoms with Crippen LogP contribution in [-0.4, -0.2) is 35.4 Å². The maximum Gasteiger partial charge on any atom is 0.332 e. The van der Waals surface area contributed by atoms with Gasteiger partial charge in [0.15, 0.2) is 0 Å². The normalized spacial score (nSPS) is 13.6. The van der Waals surface area contributed by atoms with Crippen LogP contribution in [0.25, 0.3) is 0 Å². The number of nitrogens with zero attached hydrogens (tertiary/aromatic N) is 1. The van der Waals surface area contributed by atoms with Gasteiger partial charge in [-0.3, -0.25) is 9.59 Å². The van der Waals surface area contributed by atoms with Crippen LogP contribution in [0.15, 0.2) is 23.3 Å². The lowest BCUT2D eigenvalue weighted by Crippen LogP contribution is -2.40. The minimum absolute atomic E-state index is 0.0349. The van der Waals surface area contributed by atoms with Gasteiger partial charge >= 0.3 is 5.97 Å². The standard InChI is InChI=1S/C19H16Cl2FNO5/c1-2-7-28-16-9-15(14(22)8-13(16)21)23(17(24)10-20)18(25)11-5-3-4-6-12(11)19(26)27/h1,8-9H,3-7,10H2,(H,26,27). The summed E-state index contributed by atoms with van der Waals surface area (Å²) < 4.78 is 19.8. The van der Waals surface area contributed by atoms with Crippen LogP contribution in [0.1, 0.15) is 25.7 Å². The first-order chi connectivity index (χ1) is 13.3. The SMILES string of the molecule is C#CCOc1cc(N(C(=O)CCl)C(=O)C2=C(C(=O)O)CCCC2)c(F)cc1Cl. The third-order valence-electron chi connectivity index (χ3n) is 4.10. The van der Waals surface area contributed by atoms with E-state index in [1.807, 2.05) is 0 Å². The highest BCUT2D eigenvalue weighted by atomic mass is 35.5. The largest absolute Gasteiger partial charge is 0.479 e. The van der Waals surface area contributed by atoms with Crippen LogP contribution < -0.4 is 9.64 Å². The Kier molecular flexibility index (Phi) is 7.44. The van der Waals surface area contributed by atoms with Crippen LogP contribution in [0.5, 0.6) is 5.75 Å². The number of imide groups is 1. The number of carboxylic acids is 1. The van der Waals surface area contributed by atoms with E-state index in [1.54, 1.807) is 0 Å². The number of rotatable bonds is 6. The second kappa shape index (κ2) is 9.58. The molecule has 0 heterocycles. The van der Waals surface area contributed by atoms with E-state index >= 15 is 0 Å². The molecule has 1 N–H and O–H groups in total. The topological polar surface area (TPSA) is 83.9 Å². The molecule has 2 amide bonds. The Bertz CT molecular complexity index is 891. The summed E-state index contributed by atoms with van der Waals surface area (Å²) in [6.45, 7) is -0.170. The number of benzene rings is 1. The Balaban J connectivity index is 2.59. The average Bonchev–Trinajstić information content (AvgIpc) is 2.68. The molecule has 0 saturated carbocycles. The summed E-state index contributed by atoms with van der Waals surface area (Å²) in [5, 5.41) is 9.26. The number of terminal acetylenes is 1. The third-order valence-corrected chi connectivity index (χ3v) is 4.63. The molecule has 9 heteroatoms. The van der Waals surface area contributed by atoms with Gasteiger partial charge in [-0.05, 0) is 31.7 Å². The quantitative estimate of drug-likeness (QED) is 0.554. The van der Waals surface area contributed by atoms with Crippen LogP contribution in [0, 0.1) is 18.2 Å². The van der Waals surface area contributed by atoms with Crippen LogP contribution in [0.4, 0.5) is 10.1 Å². The lowest BCUT2D eigenvalue weighted by molar-refractivity contribution is -0.133. The number of hydrogen-bond donors (Lipinski definition) is 1. The van der Waals surface area contributed by atoms with Crippen molar-refractivity contribution in [2.45, 2.75) is 25.7 Å². The van der Waals surface area contributed by atoms with E-state index in [4.69, 9.17) is 34.4 Å². The lowest BCUT2D eigenvalue weighted by Gasteiger charge is -2.25. The van der Waals surface area contributed by atoms with E-state index in [-0.39, 0.29) is 41.4 Å². The van der Waals surface area contributed by atoms with E-state index in [0.717, 1.165) is 12.1 Å². The number of hydrogen-bond acceptors (Lipinski definition) is 4. The van der Waals surface area contributed by atoms with Crippen molar-refractivity contribution in [1.82, 2.24) is 0 Å². The van der Waals surface area contributed by atoms with Crippen molar-refractivity contribution < 1.29 is 28.6 Å². The molecular formula is C19H16Cl2FNO5. The third kappa shape index (κ3) is 4.64. The summed E-state index contributed by atoms with van der Waals surface area (Å²) in [6, 6.07) is 1.93. The molecule has 1 aromatic carbocycles. The van der Waals surface area contributed by atoms with Crippen molar-refractivity contribution in [3.05, 3.63) is 34.1 Å². The number of aliphatic carboxylic acids is 1. The second-order valence-electron chi connectivity index (χ2n) is 5.86. The Morgan fingerprint density at radius 3 is 2.46 bits per heavy atom. The molecule has 6 nitrogen and oxygen atoms in total. The van der Waals surface area contributed by atoms with Crippen LogP contribution in [0.2, 0.25) is 5.02 Å². The van der Waals surface area contributed by atoms with E-state index in [2.05, 4.69) is 5.92 Å². The predicted molar refractivity (Wildman–Crippen MR) is 102 cm³/mol. The van der Waals surface area contributed by atoms with Crippen LogP contribution in [0.3, 0.4) is 0 Å². The van der Waals surface area contributed by atoms with Gasteiger partial charge in [-0.2, -0.15) is 0 Å². The Hall–Kier alpha value is -2.56. The highest BCUT2D eigenvalue weighted by Crippen LogP contribution is 2.35.